The van der Waals surface area contributed by atoms with Crippen molar-refractivity contribution in [2.75, 3.05) is 0 Å². The van der Waals surface area contributed by atoms with Crippen LogP contribution < -0.4 is 0 Å². The van der Waals surface area contributed by atoms with Gasteiger partial charge in [-0.1, -0.05) is 24.3 Å². The summed E-state index contributed by atoms with van der Waals surface area (Å²) in [6.07, 6.45) is 11.8. The molecule has 2 aliphatic rings. The van der Waals surface area contributed by atoms with Gasteiger partial charge in [-0.05, 0) is 78.7 Å². The molecule has 0 fully saturated rings. The summed E-state index contributed by atoms with van der Waals surface area (Å²) in [4.78, 5) is 4.26. The zero-order valence-electron chi connectivity index (χ0n) is 11.9. The van der Waals surface area contributed by atoms with Gasteiger partial charge in [-0.15, -0.1) is 0 Å². The van der Waals surface area contributed by atoms with E-state index < -0.39 is 0 Å². The lowest BCUT2D eigenvalue weighted by molar-refractivity contribution is 0.368. The Hall–Kier alpha value is -1.63. The molecule has 102 valence electrons. The molecule has 0 saturated heterocycles. The highest BCUT2D eigenvalue weighted by Gasteiger charge is 2.30. The highest BCUT2D eigenvalue weighted by molar-refractivity contribution is 5.42. The van der Waals surface area contributed by atoms with Crippen molar-refractivity contribution in [1.29, 1.82) is 0 Å². The van der Waals surface area contributed by atoms with Crippen molar-refractivity contribution < 1.29 is 0 Å². The molecule has 1 heteroatoms. The first-order valence-corrected chi connectivity index (χ1v) is 7.90. The van der Waals surface area contributed by atoms with E-state index in [0.29, 0.717) is 0 Å². The first-order chi connectivity index (χ1) is 9.90. The lowest BCUT2D eigenvalue weighted by atomic mass is 9.69. The average Bonchev–Trinajstić information content (AvgIpc) is 2.49. The number of benzene rings is 1. The van der Waals surface area contributed by atoms with Crippen molar-refractivity contribution in [2.24, 2.45) is 5.92 Å². The molecule has 0 bridgehead atoms. The van der Waals surface area contributed by atoms with Crippen LogP contribution in [0, 0.1) is 5.92 Å². The van der Waals surface area contributed by atoms with E-state index in [0.717, 1.165) is 11.8 Å². The van der Waals surface area contributed by atoms with E-state index >= 15 is 0 Å². The summed E-state index contributed by atoms with van der Waals surface area (Å²) in [5.41, 5.74) is 6.39. The number of hydrogen-bond acceptors (Lipinski definition) is 1. The van der Waals surface area contributed by atoms with Crippen LogP contribution in [0.4, 0.5) is 0 Å². The maximum Gasteiger partial charge on any atom is 0.0299 e. The Morgan fingerprint density at radius 2 is 2.05 bits per heavy atom. The Kier molecular flexibility index (Phi) is 3.06. The highest BCUT2D eigenvalue weighted by Crippen LogP contribution is 2.43. The Bertz CT molecular complexity index is 602. The molecule has 0 spiro atoms. The van der Waals surface area contributed by atoms with Gasteiger partial charge in [-0.3, -0.25) is 4.98 Å². The number of aryl methyl sites for hydroxylation is 1. The smallest absolute Gasteiger partial charge is 0.0299 e. The predicted molar refractivity (Wildman–Crippen MR) is 81.9 cm³/mol. The maximum absolute atomic E-state index is 4.26. The van der Waals surface area contributed by atoms with Gasteiger partial charge in [0.2, 0.25) is 0 Å². The van der Waals surface area contributed by atoms with E-state index in [9.17, 15) is 0 Å². The fourth-order valence-electron chi connectivity index (χ4n) is 4.31. The summed E-state index contributed by atoms with van der Waals surface area (Å²) in [7, 11) is 0. The number of aromatic nitrogens is 1. The molecule has 0 aliphatic heterocycles. The molecule has 0 N–H and O–H groups in total. The first-order valence-electron chi connectivity index (χ1n) is 7.90. The highest BCUT2D eigenvalue weighted by atomic mass is 14.6. The van der Waals surface area contributed by atoms with Crippen LogP contribution in [-0.2, 0) is 19.3 Å². The normalized spacial score (nSPS) is 24.2. The van der Waals surface area contributed by atoms with Gasteiger partial charge < -0.3 is 0 Å². The van der Waals surface area contributed by atoms with E-state index in [-0.39, 0.29) is 0 Å². The van der Waals surface area contributed by atoms with Gasteiger partial charge in [0.1, 0.15) is 0 Å². The van der Waals surface area contributed by atoms with Crippen LogP contribution in [-0.4, -0.2) is 4.98 Å². The quantitative estimate of drug-likeness (QED) is 0.787. The van der Waals surface area contributed by atoms with Crippen molar-refractivity contribution in [3.05, 3.63) is 65.0 Å². The zero-order valence-corrected chi connectivity index (χ0v) is 11.9. The number of nitrogens with zero attached hydrogens (tertiary/aromatic N) is 1. The summed E-state index contributed by atoms with van der Waals surface area (Å²) in [5, 5.41) is 0. The molecule has 1 aromatic heterocycles. The third kappa shape index (κ3) is 2.15. The van der Waals surface area contributed by atoms with E-state index in [1.165, 1.54) is 44.1 Å². The Labute approximate surface area is 121 Å². The fraction of sp³-hybridized carbons (Fsp3) is 0.421. The van der Waals surface area contributed by atoms with Gasteiger partial charge in [0.15, 0.2) is 0 Å². The van der Waals surface area contributed by atoms with E-state index in [1.54, 1.807) is 16.7 Å². The monoisotopic (exact) mass is 263 g/mol. The van der Waals surface area contributed by atoms with Crippen molar-refractivity contribution >= 4 is 0 Å². The predicted octanol–water partition coefficient (Wildman–Crippen LogP) is 4.31. The third-order valence-corrected chi connectivity index (χ3v) is 5.07. The standard InChI is InChI=1S/C19H21N/c1-5-16-6-2-8-18-12-15(11-17(7-1)19(16)18)10-14-4-3-9-20-13-14/h1,3-5,7,9,13,15,18H,2,6,8,10-12H2/t15-,18+/m1/s1. The second-order valence-electron chi connectivity index (χ2n) is 6.45. The molecule has 0 saturated carbocycles. The van der Waals surface area contributed by atoms with Gasteiger partial charge in [0, 0.05) is 12.4 Å². The summed E-state index contributed by atoms with van der Waals surface area (Å²) in [5.74, 6) is 1.62. The van der Waals surface area contributed by atoms with Gasteiger partial charge in [0.25, 0.3) is 0 Å². The van der Waals surface area contributed by atoms with Crippen molar-refractivity contribution in [3.63, 3.8) is 0 Å². The number of hydrogen-bond donors (Lipinski definition) is 0. The summed E-state index contributed by atoms with van der Waals surface area (Å²) in [6.45, 7) is 0. The molecule has 1 heterocycles. The van der Waals surface area contributed by atoms with Crippen LogP contribution in [0.15, 0.2) is 42.7 Å². The molecule has 0 radical (unpaired) electrons. The Morgan fingerprint density at radius 3 is 2.95 bits per heavy atom. The fourth-order valence-corrected chi connectivity index (χ4v) is 4.31. The minimum Gasteiger partial charge on any atom is -0.264 e. The van der Waals surface area contributed by atoms with Gasteiger partial charge >= 0.3 is 0 Å². The molecular formula is C19H21N. The summed E-state index contributed by atoms with van der Waals surface area (Å²) in [6, 6.07) is 11.3. The van der Waals surface area contributed by atoms with E-state index in [1.807, 2.05) is 12.4 Å². The molecule has 0 amide bonds. The average molecular weight is 263 g/mol. The van der Waals surface area contributed by atoms with E-state index in [2.05, 4.69) is 35.3 Å². The van der Waals surface area contributed by atoms with Crippen LogP contribution in [0.3, 0.4) is 0 Å². The lowest BCUT2D eigenvalue weighted by Crippen LogP contribution is -2.24. The van der Waals surface area contributed by atoms with Crippen molar-refractivity contribution in [1.82, 2.24) is 4.98 Å². The summed E-state index contributed by atoms with van der Waals surface area (Å²) >= 11 is 0. The number of rotatable bonds is 2. The molecule has 1 nitrogen and oxygen atoms in total. The maximum atomic E-state index is 4.26. The second kappa shape index (κ2) is 5.05. The van der Waals surface area contributed by atoms with Crippen LogP contribution >= 0.6 is 0 Å². The molecule has 4 rings (SSSR count). The van der Waals surface area contributed by atoms with Gasteiger partial charge in [-0.25, -0.2) is 0 Å². The second-order valence-corrected chi connectivity index (χ2v) is 6.45. The minimum atomic E-state index is 0.796. The molecule has 1 aromatic carbocycles. The van der Waals surface area contributed by atoms with Gasteiger partial charge in [0.05, 0.1) is 0 Å². The minimum absolute atomic E-state index is 0.796. The van der Waals surface area contributed by atoms with Crippen LogP contribution in [0.5, 0.6) is 0 Å². The molecule has 2 aliphatic carbocycles. The molecule has 0 unspecified atom stereocenters. The Balaban J connectivity index is 1.61. The number of pyridine rings is 1. The van der Waals surface area contributed by atoms with Crippen LogP contribution in [0.1, 0.15) is 47.4 Å². The Morgan fingerprint density at radius 1 is 1.10 bits per heavy atom. The third-order valence-electron chi connectivity index (χ3n) is 5.07. The molecule has 20 heavy (non-hydrogen) atoms. The van der Waals surface area contributed by atoms with E-state index in [4.69, 9.17) is 0 Å². The first kappa shape index (κ1) is 12.1. The van der Waals surface area contributed by atoms with Crippen molar-refractivity contribution in [2.45, 2.75) is 44.4 Å². The van der Waals surface area contributed by atoms with Crippen molar-refractivity contribution in [3.8, 4) is 0 Å². The SMILES string of the molecule is c1cncc(C[C@@H]2Cc3cccc4c3[C@@H](CCC4)C2)c1. The molecule has 2 aromatic rings. The van der Waals surface area contributed by atoms with Gasteiger partial charge in [-0.2, -0.15) is 0 Å². The molecular weight excluding hydrogens is 242 g/mol. The van der Waals surface area contributed by atoms with Crippen LogP contribution in [0.25, 0.3) is 0 Å². The summed E-state index contributed by atoms with van der Waals surface area (Å²) < 4.78 is 0. The van der Waals surface area contributed by atoms with Crippen LogP contribution in [0.2, 0.25) is 0 Å². The largest absolute Gasteiger partial charge is 0.264 e. The molecule has 2 atom stereocenters. The topological polar surface area (TPSA) is 12.9 Å². The lowest BCUT2D eigenvalue weighted by Gasteiger charge is -2.36. The zero-order chi connectivity index (χ0) is 13.4.